The Morgan fingerprint density at radius 3 is 2.23 bits per heavy atom. The quantitative estimate of drug-likeness (QED) is 0.118. The van der Waals surface area contributed by atoms with Gasteiger partial charge in [0.25, 0.3) is 0 Å². The summed E-state index contributed by atoms with van der Waals surface area (Å²) in [5.41, 5.74) is 0.333. The van der Waals surface area contributed by atoms with Crippen LogP contribution in [-0.4, -0.2) is 56.6 Å². The van der Waals surface area contributed by atoms with Crippen LogP contribution in [-0.2, 0) is 23.9 Å². The number of hydrogen-bond donors (Lipinski definition) is 1. The molecule has 0 fully saturated rings. The molecule has 1 N–H and O–H groups in total. The third-order valence-corrected chi connectivity index (χ3v) is 4.19. The van der Waals surface area contributed by atoms with Gasteiger partial charge in [-0.15, -0.1) is 0 Å². The number of rotatable bonds is 18. The lowest BCUT2D eigenvalue weighted by Crippen LogP contribution is -2.26. The van der Waals surface area contributed by atoms with E-state index in [9.17, 15) is 19.2 Å². The van der Waals surface area contributed by atoms with Gasteiger partial charge >= 0.3 is 12.1 Å². The van der Waals surface area contributed by atoms with Gasteiger partial charge in [-0.3, -0.25) is 0 Å². The molecule has 0 saturated heterocycles. The van der Waals surface area contributed by atoms with Crippen LogP contribution in [0.1, 0.15) is 64.7 Å². The predicted molar refractivity (Wildman–Crippen MR) is 112 cm³/mol. The van der Waals surface area contributed by atoms with Crippen LogP contribution in [0.2, 0.25) is 0 Å². The van der Waals surface area contributed by atoms with Crippen LogP contribution in [0, 0.1) is 0 Å². The van der Waals surface area contributed by atoms with Gasteiger partial charge in [-0.1, -0.05) is 32.3 Å². The zero-order chi connectivity index (χ0) is 22.5. The number of amides is 1. The first-order valence-electron chi connectivity index (χ1n) is 10.3. The van der Waals surface area contributed by atoms with Crippen molar-refractivity contribution in [2.45, 2.75) is 70.8 Å². The standard InChI is InChI=1S/C21H33N3O6/c1-18(2)20(27)29-14-9-15-30-21(28)23-13-8-4-6-11-19(24-17-26)10-5-3-7-12-22-16-25/h19H,1,3-15H2,2H3,(H,23,28). The highest BCUT2D eigenvalue weighted by Crippen LogP contribution is 2.13. The van der Waals surface area contributed by atoms with E-state index in [1.54, 1.807) is 13.0 Å². The molecule has 9 nitrogen and oxygen atoms in total. The van der Waals surface area contributed by atoms with Crippen LogP contribution in [0.4, 0.5) is 4.79 Å². The van der Waals surface area contributed by atoms with Crippen molar-refractivity contribution >= 4 is 24.2 Å². The van der Waals surface area contributed by atoms with E-state index < -0.39 is 12.1 Å². The summed E-state index contributed by atoms with van der Waals surface area (Å²) in [5, 5.41) is 2.67. The lowest BCUT2D eigenvalue weighted by molar-refractivity contribution is -0.139. The van der Waals surface area contributed by atoms with Crippen LogP contribution in [0.3, 0.4) is 0 Å². The maximum Gasteiger partial charge on any atom is 0.407 e. The molecule has 1 atom stereocenters. The molecule has 30 heavy (non-hydrogen) atoms. The van der Waals surface area contributed by atoms with Crippen LogP contribution < -0.4 is 5.32 Å². The Labute approximate surface area is 178 Å². The van der Waals surface area contributed by atoms with Crippen molar-refractivity contribution in [3.63, 3.8) is 0 Å². The molecule has 0 spiro atoms. The number of unbranched alkanes of at least 4 members (excludes halogenated alkanes) is 4. The molecule has 0 aliphatic carbocycles. The minimum Gasteiger partial charge on any atom is -0.462 e. The normalized spacial score (nSPS) is 10.8. The summed E-state index contributed by atoms with van der Waals surface area (Å²) in [6, 6.07) is -0.0334. The highest BCUT2D eigenvalue weighted by atomic mass is 16.6. The molecule has 0 bridgehead atoms. The zero-order valence-corrected chi connectivity index (χ0v) is 17.8. The number of ether oxygens (including phenoxy) is 2. The minimum absolute atomic E-state index is 0.0334. The molecule has 0 aliphatic rings. The molecule has 0 radical (unpaired) electrons. The van der Waals surface area contributed by atoms with Crippen LogP contribution in [0.15, 0.2) is 22.1 Å². The average Bonchev–Trinajstić information content (AvgIpc) is 2.72. The van der Waals surface area contributed by atoms with E-state index in [-0.39, 0.29) is 19.3 Å². The summed E-state index contributed by atoms with van der Waals surface area (Å²) in [4.78, 5) is 50.6. The van der Waals surface area contributed by atoms with Crippen LogP contribution in [0.25, 0.3) is 0 Å². The summed E-state index contributed by atoms with van der Waals surface area (Å²) < 4.78 is 9.88. The van der Waals surface area contributed by atoms with Gasteiger partial charge in [-0.2, -0.15) is 0 Å². The molecule has 0 rings (SSSR count). The zero-order valence-electron chi connectivity index (χ0n) is 17.8. The number of nitrogens with zero attached hydrogens (tertiary/aromatic N) is 2. The number of hydrogen-bond acceptors (Lipinski definition) is 8. The summed E-state index contributed by atoms with van der Waals surface area (Å²) in [6.45, 7) is 6.38. The van der Waals surface area contributed by atoms with Gasteiger partial charge < -0.3 is 14.8 Å². The van der Waals surface area contributed by atoms with Gasteiger partial charge in [0, 0.05) is 18.5 Å². The second-order valence-electron chi connectivity index (χ2n) is 6.88. The maximum absolute atomic E-state index is 11.5. The highest BCUT2D eigenvalue weighted by molar-refractivity contribution is 5.86. The Kier molecular flexibility index (Phi) is 17.8. The van der Waals surface area contributed by atoms with Crippen molar-refractivity contribution < 1.29 is 28.7 Å². The third kappa shape index (κ3) is 17.3. The number of esters is 1. The first-order chi connectivity index (χ1) is 14.5. The molecule has 1 amide bonds. The molecular formula is C21H33N3O6. The van der Waals surface area contributed by atoms with E-state index >= 15 is 0 Å². The monoisotopic (exact) mass is 423 g/mol. The predicted octanol–water partition coefficient (Wildman–Crippen LogP) is 3.38. The molecule has 1 unspecified atom stereocenters. The van der Waals surface area contributed by atoms with Gasteiger partial charge in [0.2, 0.25) is 12.2 Å². The Morgan fingerprint density at radius 1 is 0.933 bits per heavy atom. The molecular weight excluding hydrogens is 390 g/mol. The number of nitrogens with one attached hydrogen (secondary N) is 1. The summed E-state index contributed by atoms with van der Waals surface area (Å²) >= 11 is 0. The molecule has 0 saturated carbocycles. The van der Waals surface area contributed by atoms with E-state index in [0.717, 1.165) is 51.4 Å². The summed E-state index contributed by atoms with van der Waals surface area (Å²) in [6.07, 6.45) is 9.96. The molecule has 0 aliphatic heterocycles. The number of carbonyl (C=O) groups excluding carboxylic acids is 4. The Bertz CT molecular complexity index is 610. The topological polar surface area (TPSA) is 123 Å². The van der Waals surface area contributed by atoms with E-state index in [0.29, 0.717) is 25.1 Å². The second-order valence-corrected chi connectivity index (χ2v) is 6.88. The fourth-order valence-electron chi connectivity index (χ4n) is 2.58. The smallest absolute Gasteiger partial charge is 0.407 e. The first kappa shape index (κ1) is 27.2. The van der Waals surface area contributed by atoms with Gasteiger partial charge in [0.15, 0.2) is 0 Å². The van der Waals surface area contributed by atoms with Crippen LogP contribution >= 0.6 is 0 Å². The Morgan fingerprint density at radius 2 is 1.60 bits per heavy atom. The van der Waals surface area contributed by atoms with Crippen molar-refractivity contribution in [3.8, 4) is 0 Å². The molecule has 0 heterocycles. The average molecular weight is 424 g/mol. The number of alkyl carbamates (subject to hydrolysis) is 1. The Balaban J connectivity index is 3.66. The van der Waals surface area contributed by atoms with Crippen molar-refractivity contribution in [2.75, 3.05) is 26.3 Å². The van der Waals surface area contributed by atoms with E-state index in [1.165, 1.54) is 6.08 Å². The van der Waals surface area contributed by atoms with Gasteiger partial charge in [0.1, 0.15) is 0 Å². The number of carbonyl (C=O) groups is 2. The molecule has 0 aromatic carbocycles. The Hall–Kier alpha value is -2.76. The fourth-order valence-corrected chi connectivity index (χ4v) is 2.58. The maximum atomic E-state index is 11.5. The fraction of sp³-hybridized carbons (Fsp3) is 0.714. The van der Waals surface area contributed by atoms with E-state index in [4.69, 9.17) is 9.47 Å². The van der Waals surface area contributed by atoms with Crippen molar-refractivity contribution in [3.05, 3.63) is 12.2 Å². The first-order valence-corrected chi connectivity index (χ1v) is 10.3. The largest absolute Gasteiger partial charge is 0.462 e. The number of aliphatic imine (C=N–C) groups is 2. The molecule has 9 heteroatoms. The van der Waals surface area contributed by atoms with E-state index in [1.807, 2.05) is 0 Å². The second kappa shape index (κ2) is 19.6. The lowest BCUT2D eigenvalue weighted by atomic mass is 10.0. The third-order valence-electron chi connectivity index (χ3n) is 4.19. The highest BCUT2D eigenvalue weighted by Gasteiger charge is 2.07. The van der Waals surface area contributed by atoms with Crippen molar-refractivity contribution in [1.82, 2.24) is 5.32 Å². The minimum atomic E-state index is -0.497. The summed E-state index contributed by atoms with van der Waals surface area (Å²) in [5.74, 6) is -0.454. The molecule has 168 valence electrons. The molecule has 0 aromatic rings. The van der Waals surface area contributed by atoms with Gasteiger partial charge in [0.05, 0.1) is 25.8 Å². The molecule has 0 aromatic heterocycles. The lowest BCUT2D eigenvalue weighted by Gasteiger charge is -2.10. The van der Waals surface area contributed by atoms with Gasteiger partial charge in [-0.05, 0) is 32.6 Å². The van der Waals surface area contributed by atoms with Crippen molar-refractivity contribution in [2.24, 2.45) is 9.98 Å². The number of isocyanates is 2. The van der Waals surface area contributed by atoms with Crippen LogP contribution in [0.5, 0.6) is 0 Å². The van der Waals surface area contributed by atoms with Crippen molar-refractivity contribution in [1.29, 1.82) is 0 Å². The van der Waals surface area contributed by atoms with E-state index in [2.05, 4.69) is 21.9 Å². The summed E-state index contributed by atoms with van der Waals surface area (Å²) in [7, 11) is 0. The SMILES string of the molecule is C=C(C)C(=O)OCCCOC(=O)NCCCCCC(CCCCCN=C=O)N=C=O. The van der Waals surface area contributed by atoms with Gasteiger partial charge in [-0.25, -0.2) is 29.2 Å².